The predicted molar refractivity (Wildman–Crippen MR) is 141 cm³/mol. The summed E-state index contributed by atoms with van der Waals surface area (Å²) < 4.78 is 17.7. The molecule has 1 aliphatic carbocycles. The highest BCUT2D eigenvalue weighted by Crippen LogP contribution is 2.35. The topological polar surface area (TPSA) is 93.5 Å². The van der Waals surface area contributed by atoms with Crippen LogP contribution in [0, 0.1) is 6.92 Å². The lowest BCUT2D eigenvalue weighted by molar-refractivity contribution is 0.00738. The van der Waals surface area contributed by atoms with Crippen LogP contribution in [0.25, 0.3) is 10.2 Å². The number of morpholine rings is 1. The quantitative estimate of drug-likeness (QED) is 0.530. The van der Waals surface area contributed by atoms with Crippen LogP contribution in [0.2, 0.25) is 0 Å². The molecule has 0 unspecified atom stereocenters. The molecule has 2 aliphatic heterocycles. The van der Waals surface area contributed by atoms with Gasteiger partial charge in [-0.25, -0.2) is 0 Å². The standard InChI is InChI=1S/C25H36N8O2S/c1-17-22-23(31(2)19-3-5-20(6-4-19)32-9-13-35-14-10-32)28-25(29-24(22)36-30-17)27-18-15-26-33(16-18)21-7-11-34-12-8-21/h15-16,19-21H,3-14H2,1-2H3,(H,27,28,29). The normalized spacial score (nSPS) is 24.3. The first-order valence-corrected chi connectivity index (χ1v) is 14.0. The van der Waals surface area contributed by atoms with E-state index in [0.29, 0.717) is 24.1 Å². The lowest BCUT2D eigenvalue weighted by atomic mass is 9.89. The Bertz CT molecular complexity index is 1160. The predicted octanol–water partition coefficient (Wildman–Crippen LogP) is 3.77. The van der Waals surface area contributed by atoms with Crippen LogP contribution in [0.5, 0.6) is 0 Å². The van der Waals surface area contributed by atoms with Crippen molar-refractivity contribution in [2.75, 3.05) is 56.8 Å². The fraction of sp³-hybridized carbons (Fsp3) is 0.680. The maximum atomic E-state index is 5.55. The van der Waals surface area contributed by atoms with Gasteiger partial charge in [-0.2, -0.15) is 19.4 Å². The summed E-state index contributed by atoms with van der Waals surface area (Å²) in [5, 5.41) is 9.07. The molecule has 3 aliphatic rings. The van der Waals surface area contributed by atoms with Gasteiger partial charge in [0.1, 0.15) is 5.82 Å². The molecule has 11 heteroatoms. The fourth-order valence-corrected chi connectivity index (χ4v) is 6.66. The van der Waals surface area contributed by atoms with Crippen LogP contribution >= 0.6 is 11.5 Å². The van der Waals surface area contributed by atoms with Crippen molar-refractivity contribution in [3.8, 4) is 0 Å². The van der Waals surface area contributed by atoms with Gasteiger partial charge in [0.25, 0.3) is 0 Å². The summed E-state index contributed by atoms with van der Waals surface area (Å²) in [6.07, 6.45) is 10.7. The van der Waals surface area contributed by atoms with Gasteiger partial charge in [-0.3, -0.25) is 9.58 Å². The molecule has 1 saturated carbocycles. The van der Waals surface area contributed by atoms with E-state index in [4.69, 9.17) is 19.4 Å². The minimum atomic E-state index is 0.385. The molecular weight excluding hydrogens is 476 g/mol. The average molecular weight is 513 g/mol. The van der Waals surface area contributed by atoms with Gasteiger partial charge < -0.3 is 19.7 Å². The zero-order chi connectivity index (χ0) is 24.5. The maximum Gasteiger partial charge on any atom is 0.230 e. The Morgan fingerprint density at radius 3 is 2.50 bits per heavy atom. The number of fused-ring (bicyclic) bond motifs is 1. The van der Waals surface area contributed by atoms with Crippen molar-refractivity contribution in [1.29, 1.82) is 0 Å². The van der Waals surface area contributed by atoms with Crippen molar-refractivity contribution in [2.45, 2.75) is 63.6 Å². The van der Waals surface area contributed by atoms with Crippen molar-refractivity contribution in [3.63, 3.8) is 0 Å². The first-order valence-electron chi connectivity index (χ1n) is 13.2. The second-order valence-corrected chi connectivity index (χ2v) is 11.0. The monoisotopic (exact) mass is 512 g/mol. The number of nitrogens with one attached hydrogen (secondary N) is 1. The summed E-state index contributed by atoms with van der Waals surface area (Å²) in [6, 6.07) is 1.53. The van der Waals surface area contributed by atoms with Crippen molar-refractivity contribution in [2.24, 2.45) is 0 Å². The summed E-state index contributed by atoms with van der Waals surface area (Å²) in [6.45, 7) is 7.51. The Hall–Kier alpha value is -2.34. The van der Waals surface area contributed by atoms with Gasteiger partial charge >= 0.3 is 0 Å². The molecule has 3 fully saturated rings. The molecular formula is C25H36N8O2S. The van der Waals surface area contributed by atoms with Crippen LogP contribution in [0.3, 0.4) is 0 Å². The Morgan fingerprint density at radius 2 is 1.72 bits per heavy atom. The Kier molecular flexibility index (Phi) is 7.05. The van der Waals surface area contributed by atoms with Gasteiger partial charge in [-0.05, 0) is 57.0 Å². The molecule has 10 nitrogen and oxygen atoms in total. The maximum absolute atomic E-state index is 5.55. The molecule has 6 rings (SSSR count). The van der Waals surface area contributed by atoms with E-state index in [0.717, 1.165) is 79.8 Å². The summed E-state index contributed by atoms with van der Waals surface area (Å²) in [4.78, 5) is 15.7. The molecule has 0 spiro atoms. The number of aryl methyl sites for hydroxylation is 1. The van der Waals surface area contributed by atoms with E-state index in [1.54, 1.807) is 0 Å². The molecule has 0 radical (unpaired) electrons. The summed E-state index contributed by atoms with van der Waals surface area (Å²) >= 11 is 1.44. The van der Waals surface area contributed by atoms with E-state index in [-0.39, 0.29) is 0 Å². The first-order chi connectivity index (χ1) is 17.7. The lowest BCUT2D eigenvalue weighted by Gasteiger charge is -2.41. The molecule has 1 N–H and O–H groups in total. The van der Waals surface area contributed by atoms with Crippen LogP contribution in [-0.2, 0) is 9.47 Å². The molecule has 0 aromatic carbocycles. The van der Waals surface area contributed by atoms with Gasteiger partial charge in [0, 0.05) is 51.6 Å². The van der Waals surface area contributed by atoms with Gasteiger partial charge in [-0.15, -0.1) is 0 Å². The summed E-state index contributed by atoms with van der Waals surface area (Å²) in [7, 11) is 2.19. The van der Waals surface area contributed by atoms with Crippen LogP contribution in [0.15, 0.2) is 12.4 Å². The zero-order valence-corrected chi connectivity index (χ0v) is 22.0. The number of nitrogens with zero attached hydrogens (tertiary/aromatic N) is 7. The van der Waals surface area contributed by atoms with Gasteiger partial charge in [0.2, 0.25) is 5.95 Å². The third kappa shape index (κ3) is 4.93. The number of rotatable bonds is 6. The number of aromatic nitrogens is 5. The second kappa shape index (κ2) is 10.6. The Morgan fingerprint density at radius 1 is 0.972 bits per heavy atom. The van der Waals surface area contributed by atoms with E-state index in [1.165, 1.54) is 37.2 Å². The molecule has 0 atom stereocenters. The van der Waals surface area contributed by atoms with Crippen molar-refractivity contribution >= 4 is 39.2 Å². The number of hydrogen-bond donors (Lipinski definition) is 1. The highest BCUT2D eigenvalue weighted by Gasteiger charge is 2.30. The van der Waals surface area contributed by atoms with Crippen LogP contribution < -0.4 is 10.2 Å². The van der Waals surface area contributed by atoms with Gasteiger partial charge in [-0.1, -0.05) is 0 Å². The van der Waals surface area contributed by atoms with Crippen LogP contribution in [-0.4, -0.2) is 87.7 Å². The fourth-order valence-electron chi connectivity index (χ4n) is 5.89. The van der Waals surface area contributed by atoms with Gasteiger partial charge in [0.15, 0.2) is 4.83 Å². The first kappa shape index (κ1) is 24.0. The lowest BCUT2D eigenvalue weighted by Crippen LogP contribution is -2.47. The van der Waals surface area contributed by atoms with Gasteiger partial charge in [0.05, 0.1) is 42.2 Å². The summed E-state index contributed by atoms with van der Waals surface area (Å²) in [5.74, 6) is 1.57. The zero-order valence-electron chi connectivity index (χ0n) is 21.2. The third-order valence-corrected chi connectivity index (χ3v) is 8.85. The van der Waals surface area contributed by atoms with Crippen molar-refractivity contribution in [3.05, 3.63) is 18.1 Å². The highest BCUT2D eigenvalue weighted by molar-refractivity contribution is 7.13. The molecule has 194 valence electrons. The minimum absolute atomic E-state index is 0.385. The average Bonchev–Trinajstić information content (AvgIpc) is 3.55. The number of hydrogen-bond acceptors (Lipinski definition) is 10. The minimum Gasteiger partial charge on any atom is -0.381 e. The Balaban J connectivity index is 1.19. The SMILES string of the molecule is Cc1nsc2nc(Nc3cnn(C4CCOCC4)c3)nc(N(C)C3CCC(N4CCOCC4)CC3)c12. The smallest absolute Gasteiger partial charge is 0.230 e. The van der Waals surface area contributed by atoms with E-state index in [2.05, 4.69) is 44.8 Å². The molecule has 36 heavy (non-hydrogen) atoms. The van der Waals surface area contributed by atoms with Crippen molar-refractivity contribution < 1.29 is 9.47 Å². The van der Waals surface area contributed by atoms with Crippen LogP contribution in [0.1, 0.15) is 50.3 Å². The number of anilines is 3. The van der Waals surface area contributed by atoms with E-state index in [1.807, 2.05) is 10.9 Å². The second-order valence-electron chi connectivity index (χ2n) is 10.2. The summed E-state index contributed by atoms with van der Waals surface area (Å²) in [5.41, 5.74) is 1.90. The van der Waals surface area contributed by atoms with E-state index < -0.39 is 0 Å². The van der Waals surface area contributed by atoms with Crippen molar-refractivity contribution in [1.82, 2.24) is 29.0 Å². The molecule has 2 saturated heterocycles. The van der Waals surface area contributed by atoms with E-state index >= 15 is 0 Å². The molecule has 0 amide bonds. The largest absolute Gasteiger partial charge is 0.381 e. The highest BCUT2D eigenvalue weighted by atomic mass is 32.1. The molecule has 3 aromatic heterocycles. The number of ether oxygens (including phenoxy) is 2. The van der Waals surface area contributed by atoms with E-state index in [9.17, 15) is 0 Å². The third-order valence-electron chi connectivity index (χ3n) is 8.02. The molecule has 3 aromatic rings. The van der Waals surface area contributed by atoms with Crippen LogP contribution in [0.4, 0.5) is 17.5 Å². The Labute approximate surface area is 216 Å². The molecule has 5 heterocycles. The molecule has 0 bridgehead atoms.